The van der Waals surface area contributed by atoms with Gasteiger partial charge in [-0.3, -0.25) is 0 Å². The van der Waals surface area contributed by atoms with E-state index in [2.05, 4.69) is 41.7 Å². The van der Waals surface area contributed by atoms with Crippen molar-refractivity contribution in [3.05, 3.63) is 71.8 Å². The molecule has 1 fully saturated rings. The van der Waals surface area contributed by atoms with Gasteiger partial charge in [-0.1, -0.05) is 60.7 Å². The molecule has 1 aliphatic rings. The van der Waals surface area contributed by atoms with E-state index in [0.29, 0.717) is 6.54 Å². The molecule has 0 unspecified atom stereocenters. The highest BCUT2D eigenvalue weighted by molar-refractivity contribution is 5.69. The quantitative estimate of drug-likeness (QED) is 0.888. The van der Waals surface area contributed by atoms with Gasteiger partial charge in [-0.2, -0.15) is 0 Å². The van der Waals surface area contributed by atoms with E-state index in [1.54, 1.807) is 0 Å². The van der Waals surface area contributed by atoms with Crippen molar-refractivity contribution in [2.45, 2.75) is 51.3 Å². The van der Waals surface area contributed by atoms with Crippen LogP contribution in [0.25, 0.3) is 0 Å². The third-order valence-electron chi connectivity index (χ3n) is 4.77. The number of rotatable bonds is 4. The van der Waals surface area contributed by atoms with Crippen molar-refractivity contribution < 1.29 is 9.53 Å². The number of benzene rings is 2. The van der Waals surface area contributed by atoms with Gasteiger partial charge in [-0.15, -0.1) is 0 Å². The predicted molar refractivity (Wildman–Crippen MR) is 109 cm³/mol. The molecular weight excluding hydrogens is 336 g/mol. The Labute approximate surface area is 162 Å². The summed E-state index contributed by atoms with van der Waals surface area (Å²) >= 11 is 0. The van der Waals surface area contributed by atoms with Crippen molar-refractivity contribution in [1.82, 2.24) is 10.2 Å². The third kappa shape index (κ3) is 5.83. The third-order valence-corrected chi connectivity index (χ3v) is 4.77. The molecular formula is C23H30N2O2. The summed E-state index contributed by atoms with van der Waals surface area (Å²) in [6.07, 6.45) is 1.51. The Morgan fingerprint density at radius 2 is 1.56 bits per heavy atom. The summed E-state index contributed by atoms with van der Waals surface area (Å²) in [6, 6.07) is 21.1. The van der Waals surface area contributed by atoms with Gasteiger partial charge in [0.2, 0.25) is 0 Å². The van der Waals surface area contributed by atoms with E-state index in [9.17, 15) is 4.79 Å². The SMILES string of the molecule is CC(C)(C)OC(=O)N1C[C@@H](Cc2ccccc2)NC[C@H]1Cc1ccccc1. The van der Waals surface area contributed by atoms with Crippen LogP contribution >= 0.6 is 0 Å². The van der Waals surface area contributed by atoms with Crippen LogP contribution in [0.2, 0.25) is 0 Å². The average molecular weight is 367 g/mol. The fourth-order valence-electron chi connectivity index (χ4n) is 3.51. The minimum atomic E-state index is -0.492. The molecule has 1 heterocycles. The van der Waals surface area contributed by atoms with Crippen LogP contribution in [0, 0.1) is 0 Å². The van der Waals surface area contributed by atoms with E-state index in [1.807, 2.05) is 49.9 Å². The molecule has 1 amide bonds. The normalized spacial score (nSPS) is 20.3. The molecule has 0 bridgehead atoms. The minimum absolute atomic E-state index is 0.0919. The van der Waals surface area contributed by atoms with Gasteiger partial charge >= 0.3 is 6.09 Å². The van der Waals surface area contributed by atoms with E-state index in [4.69, 9.17) is 4.74 Å². The van der Waals surface area contributed by atoms with Crippen LogP contribution in [0.4, 0.5) is 4.79 Å². The second-order valence-electron chi connectivity index (χ2n) is 8.27. The number of amides is 1. The fraction of sp³-hybridized carbons (Fsp3) is 0.435. The maximum absolute atomic E-state index is 12.9. The van der Waals surface area contributed by atoms with E-state index in [1.165, 1.54) is 11.1 Å². The zero-order valence-electron chi connectivity index (χ0n) is 16.5. The maximum Gasteiger partial charge on any atom is 0.410 e. The first-order chi connectivity index (χ1) is 12.9. The van der Waals surface area contributed by atoms with Crippen LogP contribution in [0.1, 0.15) is 31.9 Å². The number of carbonyl (C=O) groups excluding carboxylic acids is 1. The first kappa shape index (κ1) is 19.4. The first-order valence-electron chi connectivity index (χ1n) is 9.71. The Morgan fingerprint density at radius 3 is 2.11 bits per heavy atom. The summed E-state index contributed by atoms with van der Waals surface area (Å²) in [5.41, 5.74) is 2.02. The zero-order chi connectivity index (χ0) is 19.3. The minimum Gasteiger partial charge on any atom is -0.444 e. The zero-order valence-corrected chi connectivity index (χ0v) is 16.5. The lowest BCUT2D eigenvalue weighted by atomic mass is 9.98. The van der Waals surface area contributed by atoms with Crippen molar-refractivity contribution in [3.8, 4) is 0 Å². The Balaban J connectivity index is 1.72. The van der Waals surface area contributed by atoms with E-state index < -0.39 is 5.60 Å². The van der Waals surface area contributed by atoms with Gasteiger partial charge in [0.15, 0.2) is 0 Å². The van der Waals surface area contributed by atoms with Gasteiger partial charge in [0.05, 0.1) is 6.04 Å². The molecule has 2 aromatic rings. The number of carbonyl (C=O) groups is 1. The van der Waals surface area contributed by atoms with Crippen LogP contribution in [0.5, 0.6) is 0 Å². The van der Waals surface area contributed by atoms with Crippen LogP contribution in [-0.4, -0.2) is 41.8 Å². The summed E-state index contributed by atoms with van der Waals surface area (Å²) in [4.78, 5) is 14.8. The van der Waals surface area contributed by atoms with Crippen LogP contribution in [0.15, 0.2) is 60.7 Å². The predicted octanol–water partition coefficient (Wildman–Crippen LogP) is 4.05. The number of ether oxygens (including phenoxy) is 1. The summed E-state index contributed by atoms with van der Waals surface area (Å²) in [5, 5.41) is 3.64. The molecule has 0 saturated carbocycles. The van der Waals surface area contributed by atoms with Gasteiger partial charge in [0.1, 0.15) is 5.60 Å². The molecule has 0 radical (unpaired) electrons. The number of piperazine rings is 1. The summed E-state index contributed by atoms with van der Waals surface area (Å²) in [6.45, 7) is 7.18. The molecule has 0 aromatic heterocycles. The first-order valence-corrected chi connectivity index (χ1v) is 9.71. The van der Waals surface area contributed by atoms with Crippen LogP contribution < -0.4 is 5.32 Å². The smallest absolute Gasteiger partial charge is 0.410 e. The highest BCUT2D eigenvalue weighted by atomic mass is 16.6. The van der Waals surface area contributed by atoms with Gasteiger partial charge in [0.25, 0.3) is 0 Å². The average Bonchev–Trinajstić information content (AvgIpc) is 2.63. The molecule has 1 N–H and O–H groups in total. The Kier molecular flexibility index (Phi) is 6.17. The molecule has 0 spiro atoms. The number of hydrogen-bond acceptors (Lipinski definition) is 3. The number of nitrogens with one attached hydrogen (secondary N) is 1. The summed E-state index contributed by atoms with van der Waals surface area (Å²) in [5.74, 6) is 0. The van der Waals surface area contributed by atoms with E-state index in [0.717, 1.165) is 19.4 Å². The molecule has 2 aromatic carbocycles. The van der Waals surface area contributed by atoms with Crippen molar-refractivity contribution in [3.63, 3.8) is 0 Å². The van der Waals surface area contributed by atoms with Crippen molar-refractivity contribution in [1.29, 1.82) is 0 Å². The lowest BCUT2D eigenvalue weighted by Gasteiger charge is -2.41. The molecule has 0 aliphatic carbocycles. The topological polar surface area (TPSA) is 41.6 Å². The summed E-state index contributed by atoms with van der Waals surface area (Å²) in [7, 11) is 0. The molecule has 1 aliphatic heterocycles. The molecule has 4 heteroatoms. The Morgan fingerprint density at radius 1 is 1.00 bits per heavy atom. The number of nitrogens with zero attached hydrogens (tertiary/aromatic N) is 1. The van der Waals surface area contributed by atoms with Crippen molar-refractivity contribution in [2.75, 3.05) is 13.1 Å². The van der Waals surface area contributed by atoms with Gasteiger partial charge in [-0.25, -0.2) is 4.79 Å². The van der Waals surface area contributed by atoms with Gasteiger partial charge in [-0.05, 0) is 44.7 Å². The molecule has 3 rings (SSSR count). The highest BCUT2D eigenvalue weighted by Crippen LogP contribution is 2.19. The second kappa shape index (κ2) is 8.57. The fourth-order valence-corrected chi connectivity index (χ4v) is 3.51. The monoisotopic (exact) mass is 366 g/mol. The number of hydrogen-bond donors (Lipinski definition) is 1. The van der Waals surface area contributed by atoms with E-state index >= 15 is 0 Å². The van der Waals surface area contributed by atoms with Gasteiger partial charge in [0, 0.05) is 19.1 Å². The van der Waals surface area contributed by atoms with Crippen molar-refractivity contribution >= 4 is 6.09 Å². The standard InChI is InChI=1S/C23H30N2O2/c1-23(2,3)27-22(26)25-17-20(14-18-10-6-4-7-11-18)24-16-21(25)15-19-12-8-5-9-13-19/h4-13,20-21,24H,14-17H2,1-3H3/t20-,21-/m1/s1. The van der Waals surface area contributed by atoms with E-state index in [-0.39, 0.29) is 18.2 Å². The highest BCUT2D eigenvalue weighted by Gasteiger charge is 2.34. The molecule has 27 heavy (non-hydrogen) atoms. The van der Waals surface area contributed by atoms with Gasteiger partial charge < -0.3 is 15.0 Å². The second-order valence-corrected chi connectivity index (χ2v) is 8.27. The molecule has 1 saturated heterocycles. The molecule has 144 valence electrons. The van der Waals surface area contributed by atoms with Crippen LogP contribution in [0.3, 0.4) is 0 Å². The lowest BCUT2D eigenvalue weighted by Crippen LogP contribution is -2.60. The van der Waals surface area contributed by atoms with Crippen molar-refractivity contribution in [2.24, 2.45) is 0 Å². The maximum atomic E-state index is 12.9. The largest absolute Gasteiger partial charge is 0.444 e. The lowest BCUT2D eigenvalue weighted by molar-refractivity contribution is 0.00751. The molecule has 2 atom stereocenters. The summed E-state index contributed by atoms with van der Waals surface area (Å²) < 4.78 is 5.70. The van der Waals surface area contributed by atoms with Crippen LogP contribution in [-0.2, 0) is 17.6 Å². The molecule has 4 nitrogen and oxygen atoms in total. The Bertz CT molecular complexity index is 725. The Hall–Kier alpha value is -2.33.